The SMILES string of the molecule is CC(C)(C)c1cc2cccnc2cn1.CC(C)(C)c1cc2cccnc2nc1C(F)(F)F.CC(C)(C)c1ccc2ccccc2n1.CC(C)(C)c1cccc2cccnc12.CC(C)(C)c1ccnc2ccccc12.CC(C)(C)c1ccnc2cnccc12.CC(C)(C)c1ccnc2ncccc12.CC(C)(C)c1cnc2ccccc2c1.CC(C)(C)c1nccc2ncccc12. The molecule has 17 heteroatoms. The number of nitrogens with zero attached hydrogens (tertiary/aromatic N) is 14. The number of halogens is 3. The minimum absolute atomic E-state index is 0.0720. The van der Waals surface area contributed by atoms with Gasteiger partial charge in [-0.15, -0.1) is 0 Å². The zero-order valence-corrected chi connectivity index (χ0v) is 81.1. The summed E-state index contributed by atoms with van der Waals surface area (Å²) in [6.45, 7) is 58.0. The summed E-state index contributed by atoms with van der Waals surface area (Å²) in [7, 11) is 0. The van der Waals surface area contributed by atoms with E-state index in [1.54, 1.807) is 45.3 Å². The van der Waals surface area contributed by atoms with Crippen molar-refractivity contribution in [1.29, 1.82) is 0 Å². The zero-order valence-electron chi connectivity index (χ0n) is 81.1. The normalized spacial score (nSPS) is 12.1. The molecule has 0 saturated heterocycles. The molecule has 14 aromatic heterocycles. The van der Waals surface area contributed by atoms with Crippen LogP contribution in [0.4, 0.5) is 13.2 Å². The van der Waals surface area contributed by atoms with Crippen LogP contribution in [0.2, 0.25) is 0 Å². The van der Waals surface area contributed by atoms with Crippen LogP contribution < -0.4 is 0 Å². The van der Waals surface area contributed by atoms with Crippen molar-refractivity contribution in [2.75, 3.05) is 0 Å². The van der Waals surface area contributed by atoms with Gasteiger partial charge in [0.05, 0.1) is 56.7 Å². The third-order valence-corrected chi connectivity index (χ3v) is 21.6. The highest BCUT2D eigenvalue weighted by atomic mass is 19.4. The highest BCUT2D eigenvalue weighted by Gasteiger charge is 2.39. The number of para-hydroxylation sites is 4. The lowest BCUT2D eigenvalue weighted by Crippen LogP contribution is -2.21. The van der Waals surface area contributed by atoms with Crippen molar-refractivity contribution in [2.24, 2.45) is 0 Å². The van der Waals surface area contributed by atoms with E-state index < -0.39 is 17.3 Å². The van der Waals surface area contributed by atoms with E-state index in [4.69, 9.17) is 0 Å². The van der Waals surface area contributed by atoms with Crippen molar-refractivity contribution in [3.05, 3.63) is 349 Å². The van der Waals surface area contributed by atoms with Crippen molar-refractivity contribution < 1.29 is 13.2 Å². The second-order valence-electron chi connectivity index (χ2n) is 41.7. The van der Waals surface area contributed by atoms with Crippen LogP contribution in [-0.2, 0) is 54.9 Å². The predicted octanol–water partition coefficient (Wildman–Crippen LogP) is 29.8. The molecular formula is C113H129F3N14. The van der Waals surface area contributed by atoms with Gasteiger partial charge in [-0.05, 0) is 187 Å². The Labute approximate surface area is 767 Å². The van der Waals surface area contributed by atoms with Crippen molar-refractivity contribution in [3.63, 3.8) is 0 Å². The van der Waals surface area contributed by atoms with Crippen LogP contribution in [0.1, 0.15) is 243 Å². The molecule has 130 heavy (non-hydrogen) atoms. The van der Waals surface area contributed by atoms with Gasteiger partial charge in [0.2, 0.25) is 0 Å². The summed E-state index contributed by atoms with van der Waals surface area (Å²) in [4.78, 5) is 59.7. The molecule has 0 aliphatic heterocycles. The molecule has 672 valence electrons. The maximum atomic E-state index is 13.0. The fourth-order valence-corrected chi connectivity index (χ4v) is 14.5. The van der Waals surface area contributed by atoms with Gasteiger partial charge >= 0.3 is 6.18 Å². The number of hydrogen-bond donors (Lipinski definition) is 0. The number of fused-ring (bicyclic) bond motifs is 9. The molecule has 0 aliphatic rings. The number of benzene rings is 4. The van der Waals surface area contributed by atoms with Crippen LogP contribution in [0.25, 0.3) is 98.4 Å². The quantitative estimate of drug-likeness (QED) is 0.140. The molecule has 14 nitrogen and oxygen atoms in total. The van der Waals surface area contributed by atoms with Crippen LogP contribution in [-0.4, -0.2) is 69.8 Å². The minimum Gasteiger partial charge on any atom is -0.262 e. The fraction of sp³-hybridized carbons (Fsp3) is 0.327. The maximum absolute atomic E-state index is 13.0. The Kier molecular flexibility index (Phi) is 31.5. The Bertz CT molecular complexity index is 5990. The first-order chi connectivity index (χ1) is 60.8. The van der Waals surface area contributed by atoms with Gasteiger partial charge in [-0.2, -0.15) is 13.2 Å². The third-order valence-electron chi connectivity index (χ3n) is 21.6. The summed E-state index contributed by atoms with van der Waals surface area (Å²) >= 11 is 0. The van der Waals surface area contributed by atoms with Crippen LogP contribution in [0.3, 0.4) is 0 Å². The Hall–Kier alpha value is -12.9. The van der Waals surface area contributed by atoms with E-state index in [-0.39, 0.29) is 54.5 Å². The first-order valence-electron chi connectivity index (χ1n) is 44.4. The van der Waals surface area contributed by atoms with Gasteiger partial charge in [0.15, 0.2) is 17.0 Å². The van der Waals surface area contributed by atoms with Gasteiger partial charge in [-0.25, -0.2) is 19.9 Å². The molecule has 18 rings (SSSR count). The lowest BCUT2D eigenvalue weighted by atomic mass is 9.85. The van der Waals surface area contributed by atoms with Gasteiger partial charge in [0, 0.05) is 144 Å². The maximum Gasteiger partial charge on any atom is 0.433 e. The molecule has 0 amide bonds. The first-order valence-corrected chi connectivity index (χ1v) is 44.4. The monoisotopic (exact) mass is 1740 g/mol. The highest BCUT2D eigenvalue weighted by Crippen LogP contribution is 2.39. The standard InChI is InChI=1S/C13H13F3N2.4C13H15N.4C12H14N2/c1-12(2,3)9-7-8-5-4-6-17-11(8)18-10(9)13(14,15)16;1-13(2,3)11-8-4-6-10-7-5-9-14-12(10)11;1-13(2,3)11-8-10-6-4-5-7-12(10)14-9-11;1-13(2,3)11-8-9-14-12-7-5-4-6-10(11)12;1-13(2,3)12-9-8-10-6-4-5-7-11(10)14-12;1-12(2,3)10-5-7-14-11-8-13-6-4-9(10)11;1-12(2,3)11-9-5-4-7-13-10(9)6-8-14-11;1-12(2,3)10-6-8-14-11-9(10)5-4-7-13-11;1-12(2,3)11-7-9-5-4-6-13-10(9)8-14-11/h4-7H,1-3H3;4*4-9H,1-3H3;4*4-8H,1-3H3. The number of rotatable bonds is 0. The molecule has 0 bridgehead atoms. The largest absolute Gasteiger partial charge is 0.433 e. The van der Waals surface area contributed by atoms with Crippen LogP contribution in [0, 0.1) is 0 Å². The van der Waals surface area contributed by atoms with E-state index in [1.807, 2.05) is 129 Å². The molecule has 0 fully saturated rings. The van der Waals surface area contributed by atoms with Crippen molar-refractivity contribution in [3.8, 4) is 0 Å². The van der Waals surface area contributed by atoms with Crippen LogP contribution in [0.5, 0.6) is 0 Å². The third kappa shape index (κ3) is 27.1. The van der Waals surface area contributed by atoms with E-state index in [0.717, 1.165) is 77.5 Å². The molecule has 0 N–H and O–H groups in total. The highest BCUT2D eigenvalue weighted by molar-refractivity contribution is 5.87. The Balaban J connectivity index is 0.000000152. The van der Waals surface area contributed by atoms with Gasteiger partial charge < -0.3 is 0 Å². The topological polar surface area (TPSA) is 180 Å². The Morgan fingerprint density at radius 1 is 0.208 bits per heavy atom. The van der Waals surface area contributed by atoms with E-state index in [0.29, 0.717) is 5.39 Å². The van der Waals surface area contributed by atoms with Gasteiger partial charge in [-0.1, -0.05) is 278 Å². The molecule has 14 heterocycles. The number of pyridine rings is 14. The first kappa shape index (κ1) is 99.3. The molecule has 0 spiro atoms. The molecule has 18 aromatic rings. The molecule has 0 atom stereocenters. The zero-order chi connectivity index (χ0) is 95.0. The second-order valence-corrected chi connectivity index (χ2v) is 41.7. The molecule has 4 aromatic carbocycles. The fourth-order valence-electron chi connectivity index (χ4n) is 14.5. The minimum atomic E-state index is -4.46. The van der Waals surface area contributed by atoms with Gasteiger partial charge in [-0.3, -0.25) is 49.8 Å². The predicted molar refractivity (Wildman–Crippen MR) is 538 cm³/mol. The average Bonchev–Trinajstić information content (AvgIpc) is 0.775. The second kappa shape index (κ2) is 41.3. The molecule has 0 saturated carbocycles. The van der Waals surface area contributed by atoms with E-state index >= 15 is 0 Å². The lowest BCUT2D eigenvalue weighted by molar-refractivity contribution is -0.142. The Morgan fingerprint density at radius 3 is 1.25 bits per heavy atom. The lowest BCUT2D eigenvalue weighted by Gasteiger charge is -2.23. The van der Waals surface area contributed by atoms with Crippen molar-refractivity contribution in [2.45, 2.75) is 242 Å². The van der Waals surface area contributed by atoms with Gasteiger partial charge in [0.1, 0.15) is 0 Å². The molecule has 0 aliphatic carbocycles. The Morgan fingerprint density at radius 2 is 0.654 bits per heavy atom. The summed E-state index contributed by atoms with van der Waals surface area (Å²) in [6, 6.07) is 71.1. The van der Waals surface area contributed by atoms with Gasteiger partial charge in [0.25, 0.3) is 0 Å². The average molecular weight is 1740 g/mol. The molecule has 0 radical (unpaired) electrons. The van der Waals surface area contributed by atoms with E-state index in [1.165, 1.54) is 67.0 Å². The van der Waals surface area contributed by atoms with Crippen molar-refractivity contribution >= 4 is 98.4 Å². The van der Waals surface area contributed by atoms with E-state index in [2.05, 4.69) is 363 Å². The number of hydrogen-bond acceptors (Lipinski definition) is 14. The molecular weight excluding hydrogens is 1610 g/mol. The molecule has 0 unspecified atom stereocenters. The summed E-state index contributed by atoms with van der Waals surface area (Å²) in [6.07, 6.45) is 19.1. The summed E-state index contributed by atoms with van der Waals surface area (Å²) in [5, 5.41) is 10.2. The summed E-state index contributed by atoms with van der Waals surface area (Å²) < 4.78 is 39.0. The smallest absolute Gasteiger partial charge is 0.262 e. The summed E-state index contributed by atoms with van der Waals surface area (Å²) in [5.41, 5.74) is 18.1. The van der Waals surface area contributed by atoms with Crippen molar-refractivity contribution in [1.82, 2.24) is 69.8 Å². The van der Waals surface area contributed by atoms with Crippen LogP contribution in [0.15, 0.2) is 293 Å². The van der Waals surface area contributed by atoms with E-state index in [9.17, 15) is 13.2 Å². The van der Waals surface area contributed by atoms with Crippen LogP contribution >= 0.6 is 0 Å². The number of aromatic nitrogens is 14. The number of alkyl halides is 3. The summed E-state index contributed by atoms with van der Waals surface area (Å²) in [5.74, 6) is 0.